The number of aliphatic hydroxyl groups is 1. The number of carbonyl (C=O) groups excluding carboxylic acids is 1. The Morgan fingerprint density at radius 2 is 2.23 bits per heavy atom. The summed E-state index contributed by atoms with van der Waals surface area (Å²) in [5.74, 6) is 0.715. The second kappa shape index (κ2) is 9.31. The molecule has 2 atom stereocenters. The smallest absolute Gasteiger partial charge is 0.222 e. The molecule has 2 aromatic rings. The number of pyridine rings is 1. The van der Waals surface area contributed by atoms with E-state index in [0.29, 0.717) is 24.7 Å². The number of aromatic nitrogens is 1. The zero-order valence-corrected chi connectivity index (χ0v) is 17.4. The first kappa shape index (κ1) is 21.1. The van der Waals surface area contributed by atoms with Crippen LogP contribution in [0.5, 0.6) is 11.6 Å². The van der Waals surface area contributed by atoms with Crippen molar-refractivity contribution < 1.29 is 19.0 Å². The molecule has 1 amide bonds. The van der Waals surface area contributed by atoms with Crippen LogP contribution in [0.4, 0.5) is 4.39 Å². The highest BCUT2D eigenvalue weighted by atomic mass is 19.1. The molecule has 0 spiro atoms. The van der Waals surface area contributed by atoms with Crippen molar-refractivity contribution in [2.45, 2.75) is 38.3 Å². The highest BCUT2D eigenvalue weighted by Crippen LogP contribution is 2.34. The first-order chi connectivity index (χ1) is 15.1. The van der Waals surface area contributed by atoms with Gasteiger partial charge in [-0.25, -0.2) is 9.37 Å². The minimum Gasteiger partial charge on any atom is -0.675 e. The molecule has 2 unspecified atom stereocenters. The third kappa shape index (κ3) is 4.61. The van der Waals surface area contributed by atoms with Gasteiger partial charge in [0.05, 0.1) is 6.61 Å². The molecule has 0 radical (unpaired) electrons. The van der Waals surface area contributed by atoms with Gasteiger partial charge in [0.2, 0.25) is 11.8 Å². The molecule has 1 saturated heterocycles. The SMILES string of the molecule is CCc1cccnc1Oc1ccc(C2CCN(C(=O)C3C=CC(F)=C[N-]3)C2)c(CO)c1. The van der Waals surface area contributed by atoms with Crippen molar-refractivity contribution in [2.75, 3.05) is 13.1 Å². The minimum absolute atomic E-state index is 0.112. The molecule has 7 heteroatoms. The maximum absolute atomic E-state index is 13.1. The molecule has 0 aliphatic carbocycles. The van der Waals surface area contributed by atoms with E-state index in [0.717, 1.165) is 35.7 Å². The van der Waals surface area contributed by atoms with Crippen molar-refractivity contribution >= 4 is 5.91 Å². The standard InChI is InChI=1S/C24H25FN3O3/c1-2-16-4-3-10-26-23(16)31-20-6-7-21(18(12-20)15-29)17-9-11-28(14-17)24(30)22-8-5-19(25)13-27-22/h3-8,10,12-13,17,22,29H,2,9,11,14-15H2,1H3/q-1. The number of amides is 1. The maximum Gasteiger partial charge on any atom is 0.222 e. The van der Waals surface area contributed by atoms with Gasteiger partial charge < -0.3 is 20.1 Å². The molecule has 1 fully saturated rings. The predicted octanol–water partition coefficient (Wildman–Crippen LogP) is 4.37. The summed E-state index contributed by atoms with van der Waals surface area (Å²) in [6.45, 7) is 3.07. The van der Waals surface area contributed by atoms with Crippen LogP contribution in [0.1, 0.15) is 36.0 Å². The van der Waals surface area contributed by atoms with Gasteiger partial charge in [0.1, 0.15) is 11.6 Å². The summed E-state index contributed by atoms with van der Waals surface area (Å²) < 4.78 is 19.1. The van der Waals surface area contributed by atoms with Crippen LogP contribution in [0, 0.1) is 0 Å². The molecule has 31 heavy (non-hydrogen) atoms. The van der Waals surface area contributed by atoms with E-state index in [2.05, 4.69) is 10.3 Å². The number of benzene rings is 1. The topological polar surface area (TPSA) is 76.8 Å². The largest absolute Gasteiger partial charge is 0.675 e. The lowest BCUT2D eigenvalue weighted by atomic mass is 9.93. The van der Waals surface area contributed by atoms with Gasteiger partial charge in [0, 0.05) is 30.8 Å². The molecular formula is C24H25FN3O3-. The summed E-state index contributed by atoms with van der Waals surface area (Å²) in [6.07, 6.45) is 7.14. The molecule has 2 aliphatic heterocycles. The van der Waals surface area contributed by atoms with E-state index in [9.17, 15) is 14.3 Å². The molecule has 1 aromatic heterocycles. The van der Waals surface area contributed by atoms with Crippen LogP contribution < -0.4 is 4.74 Å². The molecule has 1 N–H and O–H groups in total. The van der Waals surface area contributed by atoms with Crippen molar-refractivity contribution in [1.29, 1.82) is 0 Å². The quantitative estimate of drug-likeness (QED) is 0.750. The van der Waals surface area contributed by atoms with Crippen LogP contribution in [-0.4, -0.2) is 40.0 Å². The Balaban J connectivity index is 1.46. The minimum atomic E-state index is -0.669. The number of hydrogen-bond acceptors (Lipinski definition) is 4. The van der Waals surface area contributed by atoms with Crippen LogP contribution >= 0.6 is 0 Å². The molecule has 1 aromatic carbocycles. The molecule has 2 aliphatic rings. The number of allylic oxidation sites excluding steroid dienone is 2. The van der Waals surface area contributed by atoms with E-state index in [-0.39, 0.29) is 18.4 Å². The van der Waals surface area contributed by atoms with Gasteiger partial charge in [-0.2, -0.15) is 0 Å². The Labute approximate surface area is 181 Å². The van der Waals surface area contributed by atoms with Crippen molar-refractivity contribution in [3.05, 3.63) is 82.7 Å². The van der Waals surface area contributed by atoms with E-state index in [4.69, 9.17) is 4.74 Å². The normalized spacial score (nSPS) is 20.4. The Morgan fingerprint density at radius 1 is 1.35 bits per heavy atom. The number of hydrogen-bond donors (Lipinski definition) is 1. The average molecular weight is 422 g/mol. The zero-order valence-electron chi connectivity index (χ0n) is 17.4. The van der Waals surface area contributed by atoms with Crippen LogP contribution in [0.3, 0.4) is 0 Å². The number of likely N-dealkylation sites (tertiary alicyclic amines) is 1. The van der Waals surface area contributed by atoms with Crippen LogP contribution in [0.25, 0.3) is 5.32 Å². The number of nitrogens with zero attached hydrogens (tertiary/aromatic N) is 3. The van der Waals surface area contributed by atoms with Gasteiger partial charge in [0.25, 0.3) is 0 Å². The average Bonchev–Trinajstić information content (AvgIpc) is 3.29. The van der Waals surface area contributed by atoms with Crippen molar-refractivity contribution in [3.63, 3.8) is 0 Å². The van der Waals surface area contributed by atoms with Crippen LogP contribution in [-0.2, 0) is 17.8 Å². The van der Waals surface area contributed by atoms with E-state index in [1.54, 1.807) is 11.1 Å². The van der Waals surface area contributed by atoms with Gasteiger partial charge in [-0.15, -0.1) is 6.20 Å². The van der Waals surface area contributed by atoms with Gasteiger partial charge in [-0.1, -0.05) is 25.1 Å². The van der Waals surface area contributed by atoms with Gasteiger partial charge in [0.15, 0.2) is 0 Å². The first-order valence-corrected chi connectivity index (χ1v) is 10.5. The lowest BCUT2D eigenvalue weighted by molar-refractivity contribution is -0.129. The Kier molecular flexibility index (Phi) is 6.32. The summed E-state index contributed by atoms with van der Waals surface area (Å²) >= 11 is 0. The Morgan fingerprint density at radius 3 is 2.97 bits per heavy atom. The first-order valence-electron chi connectivity index (χ1n) is 10.5. The molecule has 6 nitrogen and oxygen atoms in total. The fraction of sp³-hybridized carbons (Fsp3) is 0.333. The summed E-state index contributed by atoms with van der Waals surface area (Å²) in [5, 5.41) is 13.9. The van der Waals surface area contributed by atoms with Crippen molar-refractivity contribution in [2.24, 2.45) is 0 Å². The number of aliphatic hydroxyl groups excluding tert-OH is 1. The van der Waals surface area contributed by atoms with Crippen molar-refractivity contribution in [1.82, 2.24) is 9.88 Å². The summed E-state index contributed by atoms with van der Waals surface area (Å²) in [6, 6.07) is 8.85. The monoisotopic (exact) mass is 422 g/mol. The third-order valence-corrected chi connectivity index (χ3v) is 5.72. The Hall–Kier alpha value is -3.19. The molecule has 162 valence electrons. The summed E-state index contributed by atoms with van der Waals surface area (Å²) in [5.41, 5.74) is 2.79. The number of rotatable bonds is 6. The number of ether oxygens (including phenoxy) is 1. The summed E-state index contributed by atoms with van der Waals surface area (Å²) in [4.78, 5) is 18.8. The van der Waals surface area contributed by atoms with Crippen LogP contribution in [0.15, 0.2) is 60.7 Å². The number of carbonyl (C=O) groups is 1. The van der Waals surface area contributed by atoms with Gasteiger partial charge >= 0.3 is 0 Å². The van der Waals surface area contributed by atoms with E-state index >= 15 is 0 Å². The maximum atomic E-state index is 13.1. The van der Waals surface area contributed by atoms with Crippen molar-refractivity contribution in [3.8, 4) is 11.6 Å². The lowest BCUT2D eigenvalue weighted by Gasteiger charge is -2.32. The van der Waals surface area contributed by atoms with Crippen LogP contribution in [0.2, 0.25) is 0 Å². The Bertz CT molecular complexity index is 1020. The number of aryl methyl sites for hydroxylation is 1. The molecule has 0 bridgehead atoms. The van der Waals surface area contributed by atoms with Gasteiger partial charge in [-0.3, -0.25) is 4.79 Å². The number of halogens is 1. The fourth-order valence-corrected chi connectivity index (χ4v) is 4.05. The molecule has 0 saturated carbocycles. The molecular weight excluding hydrogens is 397 g/mol. The highest BCUT2D eigenvalue weighted by molar-refractivity contribution is 5.87. The van der Waals surface area contributed by atoms with E-state index < -0.39 is 11.9 Å². The molecule has 3 heterocycles. The zero-order chi connectivity index (χ0) is 21.8. The van der Waals surface area contributed by atoms with E-state index in [1.165, 1.54) is 12.2 Å². The highest BCUT2D eigenvalue weighted by Gasteiger charge is 2.29. The lowest BCUT2D eigenvalue weighted by Crippen LogP contribution is -2.36. The molecule has 4 rings (SSSR count). The van der Waals surface area contributed by atoms with E-state index in [1.807, 2.05) is 37.3 Å². The fourth-order valence-electron chi connectivity index (χ4n) is 4.05. The predicted molar refractivity (Wildman–Crippen MR) is 115 cm³/mol. The second-order valence-corrected chi connectivity index (χ2v) is 7.68. The summed E-state index contributed by atoms with van der Waals surface area (Å²) in [7, 11) is 0. The second-order valence-electron chi connectivity index (χ2n) is 7.68. The third-order valence-electron chi connectivity index (χ3n) is 5.72. The van der Waals surface area contributed by atoms with Gasteiger partial charge in [-0.05, 0) is 54.3 Å².